The third-order valence-electron chi connectivity index (χ3n) is 3.48. The summed E-state index contributed by atoms with van der Waals surface area (Å²) in [6.45, 7) is 1.95. The zero-order valence-electron chi connectivity index (χ0n) is 12.5. The van der Waals surface area contributed by atoms with Gasteiger partial charge in [0.25, 0.3) is 0 Å². The second kappa shape index (κ2) is 5.48. The molecule has 0 amide bonds. The van der Waals surface area contributed by atoms with Crippen molar-refractivity contribution in [2.75, 3.05) is 14.2 Å². The quantitative estimate of drug-likeness (QED) is 0.688. The van der Waals surface area contributed by atoms with Crippen LogP contribution in [0.25, 0.3) is 16.9 Å². The molecule has 3 aromatic rings. The number of hydrogen-bond acceptors (Lipinski definition) is 5. The maximum Gasteiger partial charge on any atom is 0.209 e. The van der Waals surface area contributed by atoms with Crippen molar-refractivity contribution in [1.29, 1.82) is 0 Å². The first-order chi connectivity index (χ1) is 10.7. The van der Waals surface area contributed by atoms with E-state index in [0.29, 0.717) is 22.8 Å². The van der Waals surface area contributed by atoms with E-state index in [-0.39, 0.29) is 5.82 Å². The van der Waals surface area contributed by atoms with Gasteiger partial charge in [-0.15, -0.1) is 4.91 Å². The smallest absolute Gasteiger partial charge is 0.209 e. The van der Waals surface area contributed by atoms with Crippen LogP contribution in [-0.4, -0.2) is 23.6 Å². The van der Waals surface area contributed by atoms with Gasteiger partial charge in [-0.1, -0.05) is 6.07 Å². The summed E-state index contributed by atoms with van der Waals surface area (Å²) in [7, 11) is 3.14. The lowest BCUT2D eigenvalue weighted by molar-refractivity contribution is 0.355. The second-order valence-corrected chi connectivity index (χ2v) is 4.88. The van der Waals surface area contributed by atoms with Gasteiger partial charge in [0.05, 0.1) is 14.2 Å². The maximum absolute atomic E-state index is 11.3. The van der Waals surface area contributed by atoms with Gasteiger partial charge in [-0.2, -0.15) is 0 Å². The third kappa shape index (κ3) is 2.18. The molecule has 0 aliphatic heterocycles. The Hall–Kier alpha value is -2.89. The van der Waals surface area contributed by atoms with E-state index in [1.807, 2.05) is 31.3 Å². The molecule has 0 atom stereocenters. The highest BCUT2D eigenvalue weighted by Gasteiger charge is 2.16. The average Bonchev–Trinajstić information content (AvgIpc) is 2.91. The molecule has 22 heavy (non-hydrogen) atoms. The Labute approximate surface area is 127 Å². The molecule has 0 spiro atoms. The lowest BCUT2D eigenvalue weighted by atomic mass is 10.1. The standard InChI is InChI=1S/C16H15N3O3/c1-10-4-7-14-17-15(16(18-20)19(14)9-10)11-5-6-12(21-2)13(8-11)22-3/h4-9H,1-3H3. The monoisotopic (exact) mass is 297 g/mol. The van der Waals surface area contributed by atoms with E-state index in [9.17, 15) is 4.91 Å². The van der Waals surface area contributed by atoms with Crippen LogP contribution in [0.1, 0.15) is 5.56 Å². The van der Waals surface area contributed by atoms with E-state index in [0.717, 1.165) is 11.1 Å². The van der Waals surface area contributed by atoms with Crippen molar-refractivity contribution < 1.29 is 9.47 Å². The molecule has 6 heteroatoms. The largest absolute Gasteiger partial charge is 0.493 e. The molecule has 0 unspecified atom stereocenters. The van der Waals surface area contributed by atoms with Crippen LogP contribution in [0, 0.1) is 11.8 Å². The van der Waals surface area contributed by atoms with Crippen molar-refractivity contribution in [1.82, 2.24) is 9.38 Å². The Morgan fingerprint density at radius 2 is 1.86 bits per heavy atom. The number of aryl methyl sites for hydroxylation is 1. The predicted molar refractivity (Wildman–Crippen MR) is 83.9 cm³/mol. The van der Waals surface area contributed by atoms with Crippen molar-refractivity contribution in [3.05, 3.63) is 47.0 Å². The van der Waals surface area contributed by atoms with E-state index in [4.69, 9.17) is 9.47 Å². The molecule has 0 saturated carbocycles. The highest BCUT2D eigenvalue weighted by atomic mass is 16.5. The number of rotatable bonds is 4. The van der Waals surface area contributed by atoms with Crippen LogP contribution >= 0.6 is 0 Å². The molecule has 0 N–H and O–H groups in total. The molecule has 0 aliphatic carbocycles. The predicted octanol–water partition coefficient (Wildman–Crippen LogP) is 3.72. The lowest BCUT2D eigenvalue weighted by Gasteiger charge is -2.08. The van der Waals surface area contributed by atoms with Crippen LogP contribution in [0.5, 0.6) is 11.5 Å². The molecule has 1 aromatic carbocycles. The van der Waals surface area contributed by atoms with Gasteiger partial charge < -0.3 is 9.47 Å². The van der Waals surface area contributed by atoms with Crippen molar-refractivity contribution in [3.63, 3.8) is 0 Å². The highest BCUT2D eigenvalue weighted by Crippen LogP contribution is 2.36. The first-order valence-corrected chi connectivity index (χ1v) is 6.72. The first-order valence-electron chi connectivity index (χ1n) is 6.72. The fourth-order valence-corrected chi connectivity index (χ4v) is 2.40. The number of aromatic nitrogens is 2. The lowest BCUT2D eigenvalue weighted by Crippen LogP contribution is -1.91. The Bertz CT molecular complexity index is 855. The number of methoxy groups -OCH3 is 2. The summed E-state index contributed by atoms with van der Waals surface area (Å²) in [5, 5.41) is 3.15. The number of fused-ring (bicyclic) bond motifs is 1. The van der Waals surface area contributed by atoms with E-state index in [2.05, 4.69) is 10.2 Å². The summed E-state index contributed by atoms with van der Waals surface area (Å²) in [4.78, 5) is 15.8. The van der Waals surface area contributed by atoms with E-state index in [1.54, 1.807) is 30.8 Å². The number of hydrogen-bond donors (Lipinski definition) is 0. The molecule has 3 rings (SSSR count). The fraction of sp³-hybridized carbons (Fsp3) is 0.188. The Kier molecular flexibility index (Phi) is 3.50. The topological polar surface area (TPSA) is 65.2 Å². The molecule has 2 aromatic heterocycles. The minimum Gasteiger partial charge on any atom is -0.493 e. The second-order valence-electron chi connectivity index (χ2n) is 4.88. The van der Waals surface area contributed by atoms with Crippen LogP contribution in [0.3, 0.4) is 0 Å². The average molecular weight is 297 g/mol. The number of nitrogens with zero attached hydrogens (tertiary/aromatic N) is 3. The molecule has 6 nitrogen and oxygen atoms in total. The number of benzene rings is 1. The molecule has 0 saturated heterocycles. The summed E-state index contributed by atoms with van der Waals surface area (Å²) >= 11 is 0. The number of nitroso groups, excluding NO2 is 1. The normalized spacial score (nSPS) is 10.7. The van der Waals surface area contributed by atoms with Crippen LogP contribution in [0.2, 0.25) is 0 Å². The van der Waals surface area contributed by atoms with Gasteiger partial charge in [-0.25, -0.2) is 4.98 Å². The van der Waals surface area contributed by atoms with Crippen molar-refractivity contribution in [3.8, 4) is 22.8 Å². The zero-order valence-corrected chi connectivity index (χ0v) is 12.5. The molecule has 0 aliphatic rings. The molecule has 0 radical (unpaired) electrons. The third-order valence-corrected chi connectivity index (χ3v) is 3.48. The van der Waals surface area contributed by atoms with Crippen molar-refractivity contribution in [2.45, 2.75) is 6.92 Å². The van der Waals surface area contributed by atoms with Crippen LogP contribution in [-0.2, 0) is 0 Å². The van der Waals surface area contributed by atoms with Gasteiger partial charge in [0.1, 0.15) is 11.3 Å². The summed E-state index contributed by atoms with van der Waals surface area (Å²) < 4.78 is 12.2. The minimum atomic E-state index is 0.269. The van der Waals surface area contributed by atoms with Crippen LogP contribution < -0.4 is 9.47 Å². The highest BCUT2D eigenvalue weighted by molar-refractivity contribution is 5.76. The van der Waals surface area contributed by atoms with Crippen LogP contribution in [0.15, 0.2) is 41.7 Å². The maximum atomic E-state index is 11.3. The molecule has 2 heterocycles. The Morgan fingerprint density at radius 3 is 2.55 bits per heavy atom. The summed E-state index contributed by atoms with van der Waals surface area (Å²) in [5.74, 6) is 1.46. The molecular formula is C16H15N3O3. The Balaban J connectivity index is 2.23. The molecule has 112 valence electrons. The van der Waals surface area contributed by atoms with Crippen molar-refractivity contribution >= 4 is 11.5 Å². The van der Waals surface area contributed by atoms with Gasteiger partial charge >= 0.3 is 0 Å². The molecule has 0 fully saturated rings. The van der Waals surface area contributed by atoms with E-state index < -0.39 is 0 Å². The van der Waals surface area contributed by atoms with E-state index >= 15 is 0 Å². The number of imidazole rings is 1. The van der Waals surface area contributed by atoms with Gasteiger partial charge in [-0.05, 0) is 41.9 Å². The number of ether oxygens (including phenoxy) is 2. The van der Waals surface area contributed by atoms with Gasteiger partial charge in [0.2, 0.25) is 5.82 Å². The zero-order chi connectivity index (χ0) is 15.7. The van der Waals surface area contributed by atoms with Gasteiger partial charge in [0, 0.05) is 11.8 Å². The van der Waals surface area contributed by atoms with Crippen molar-refractivity contribution in [2.24, 2.45) is 5.18 Å². The summed E-state index contributed by atoms with van der Waals surface area (Å²) in [6.07, 6.45) is 1.84. The molecule has 0 bridgehead atoms. The summed E-state index contributed by atoms with van der Waals surface area (Å²) in [5.41, 5.74) is 2.95. The summed E-state index contributed by atoms with van der Waals surface area (Å²) in [6, 6.07) is 9.17. The van der Waals surface area contributed by atoms with Crippen LogP contribution in [0.4, 0.5) is 5.82 Å². The van der Waals surface area contributed by atoms with E-state index in [1.165, 1.54) is 0 Å². The Morgan fingerprint density at radius 1 is 1.09 bits per heavy atom. The van der Waals surface area contributed by atoms with Gasteiger partial charge in [0.15, 0.2) is 11.5 Å². The van der Waals surface area contributed by atoms with Gasteiger partial charge in [-0.3, -0.25) is 4.40 Å². The number of pyridine rings is 1. The molecular weight excluding hydrogens is 282 g/mol. The SMILES string of the molecule is COc1ccc(-c2nc3ccc(C)cn3c2N=O)cc1OC. The first kappa shape index (κ1) is 14.1. The fourth-order valence-electron chi connectivity index (χ4n) is 2.40. The minimum absolute atomic E-state index is 0.269.